The highest BCUT2D eigenvalue weighted by atomic mass is 19.1. The van der Waals surface area contributed by atoms with Crippen molar-refractivity contribution in [2.24, 2.45) is 0 Å². The SMILES string of the molecule is Cc1nnc(N2CCN(C(=O)CCCc3ccccc3F)CC2)o1. The second kappa shape index (κ2) is 7.42. The third kappa shape index (κ3) is 3.90. The number of anilines is 1. The maximum Gasteiger partial charge on any atom is 0.318 e. The van der Waals surface area contributed by atoms with Gasteiger partial charge in [0.05, 0.1) is 0 Å². The van der Waals surface area contributed by atoms with Crippen molar-refractivity contribution in [2.75, 3.05) is 31.1 Å². The van der Waals surface area contributed by atoms with Gasteiger partial charge in [-0.25, -0.2) is 4.39 Å². The molecule has 1 saturated heterocycles. The lowest BCUT2D eigenvalue weighted by molar-refractivity contribution is -0.131. The van der Waals surface area contributed by atoms with Crippen molar-refractivity contribution in [3.05, 3.63) is 41.5 Å². The smallest absolute Gasteiger partial charge is 0.318 e. The molecule has 0 aliphatic carbocycles. The number of piperazine rings is 1. The molecule has 0 bridgehead atoms. The number of halogens is 1. The van der Waals surface area contributed by atoms with Crippen LogP contribution >= 0.6 is 0 Å². The van der Waals surface area contributed by atoms with Crippen molar-refractivity contribution in [3.8, 4) is 0 Å². The van der Waals surface area contributed by atoms with Gasteiger partial charge in [-0.1, -0.05) is 23.3 Å². The summed E-state index contributed by atoms with van der Waals surface area (Å²) in [6, 6.07) is 7.23. The minimum absolute atomic E-state index is 0.118. The molecule has 2 aromatic rings. The van der Waals surface area contributed by atoms with E-state index in [9.17, 15) is 9.18 Å². The second-order valence-corrected chi connectivity index (χ2v) is 5.92. The van der Waals surface area contributed by atoms with Gasteiger partial charge in [-0.2, -0.15) is 0 Å². The van der Waals surface area contributed by atoms with E-state index in [-0.39, 0.29) is 11.7 Å². The number of benzene rings is 1. The molecule has 1 aromatic heterocycles. The highest BCUT2D eigenvalue weighted by Gasteiger charge is 2.23. The number of amides is 1. The molecule has 0 radical (unpaired) electrons. The molecule has 1 amide bonds. The number of carbonyl (C=O) groups excluding carboxylic acids is 1. The molecule has 128 valence electrons. The number of hydrogen-bond acceptors (Lipinski definition) is 5. The fourth-order valence-electron chi connectivity index (χ4n) is 2.85. The lowest BCUT2D eigenvalue weighted by Gasteiger charge is -2.33. The van der Waals surface area contributed by atoms with Gasteiger partial charge in [0.2, 0.25) is 11.8 Å². The first-order chi connectivity index (χ1) is 11.6. The van der Waals surface area contributed by atoms with Crippen LogP contribution in [-0.2, 0) is 11.2 Å². The fraction of sp³-hybridized carbons (Fsp3) is 0.471. The van der Waals surface area contributed by atoms with Gasteiger partial charge in [0.1, 0.15) is 5.82 Å². The van der Waals surface area contributed by atoms with E-state index in [1.807, 2.05) is 15.9 Å². The van der Waals surface area contributed by atoms with E-state index in [2.05, 4.69) is 10.2 Å². The number of aryl methyl sites for hydroxylation is 2. The monoisotopic (exact) mass is 332 g/mol. The van der Waals surface area contributed by atoms with E-state index in [0.717, 1.165) is 0 Å². The standard InChI is InChI=1S/C17H21FN4O2/c1-13-19-20-17(24-13)22-11-9-21(10-12-22)16(23)8-4-6-14-5-2-3-7-15(14)18/h2-3,5,7H,4,6,8-12H2,1H3. The zero-order valence-electron chi connectivity index (χ0n) is 13.7. The Bertz CT molecular complexity index is 695. The van der Waals surface area contributed by atoms with E-state index in [1.54, 1.807) is 19.1 Å². The normalized spacial score (nSPS) is 14.9. The Morgan fingerprint density at radius 3 is 2.62 bits per heavy atom. The maximum absolute atomic E-state index is 13.6. The Morgan fingerprint density at radius 1 is 1.21 bits per heavy atom. The predicted molar refractivity (Wildman–Crippen MR) is 87.2 cm³/mol. The number of carbonyl (C=O) groups is 1. The first-order valence-electron chi connectivity index (χ1n) is 8.20. The van der Waals surface area contributed by atoms with Crippen molar-refractivity contribution in [1.29, 1.82) is 0 Å². The van der Waals surface area contributed by atoms with Gasteiger partial charge in [0.25, 0.3) is 0 Å². The quantitative estimate of drug-likeness (QED) is 0.840. The molecule has 1 aliphatic rings. The minimum Gasteiger partial charge on any atom is -0.408 e. The van der Waals surface area contributed by atoms with Crippen LogP contribution in [-0.4, -0.2) is 47.2 Å². The van der Waals surface area contributed by atoms with E-state index >= 15 is 0 Å². The number of aromatic nitrogens is 2. The van der Waals surface area contributed by atoms with E-state index in [1.165, 1.54) is 6.07 Å². The summed E-state index contributed by atoms with van der Waals surface area (Å²) in [6.45, 7) is 4.40. The average molecular weight is 332 g/mol. The number of hydrogen-bond donors (Lipinski definition) is 0. The Kier molecular flexibility index (Phi) is 5.08. The van der Waals surface area contributed by atoms with Gasteiger partial charge >= 0.3 is 6.01 Å². The van der Waals surface area contributed by atoms with Crippen LogP contribution in [0.2, 0.25) is 0 Å². The van der Waals surface area contributed by atoms with Crippen molar-refractivity contribution >= 4 is 11.9 Å². The summed E-state index contributed by atoms with van der Waals surface area (Å²) in [7, 11) is 0. The second-order valence-electron chi connectivity index (χ2n) is 5.92. The summed E-state index contributed by atoms with van der Waals surface area (Å²) in [4.78, 5) is 16.1. The molecule has 0 saturated carbocycles. The predicted octanol–water partition coefficient (Wildman–Crippen LogP) is 2.19. The molecule has 0 atom stereocenters. The van der Waals surface area contributed by atoms with Crippen LogP contribution in [0.1, 0.15) is 24.3 Å². The third-order valence-electron chi connectivity index (χ3n) is 4.21. The largest absolute Gasteiger partial charge is 0.408 e. The minimum atomic E-state index is -0.201. The third-order valence-corrected chi connectivity index (χ3v) is 4.21. The summed E-state index contributed by atoms with van der Waals surface area (Å²) in [5.41, 5.74) is 0.668. The summed E-state index contributed by atoms with van der Waals surface area (Å²) in [5.74, 6) is 0.456. The van der Waals surface area contributed by atoms with Gasteiger partial charge in [0.15, 0.2) is 0 Å². The number of rotatable bonds is 5. The summed E-state index contributed by atoms with van der Waals surface area (Å²) >= 11 is 0. The van der Waals surface area contributed by atoms with Crippen LogP contribution in [0.4, 0.5) is 10.4 Å². The molecule has 0 unspecified atom stereocenters. The average Bonchev–Trinajstić information content (AvgIpc) is 3.03. The van der Waals surface area contributed by atoms with Gasteiger partial charge in [-0.15, -0.1) is 5.10 Å². The van der Waals surface area contributed by atoms with Gasteiger partial charge in [0, 0.05) is 39.5 Å². The summed E-state index contributed by atoms with van der Waals surface area (Å²) in [5, 5.41) is 7.82. The molecule has 1 aliphatic heterocycles. The van der Waals surface area contributed by atoms with Crippen LogP contribution in [0.5, 0.6) is 0 Å². The topological polar surface area (TPSA) is 62.5 Å². The van der Waals surface area contributed by atoms with Crippen molar-refractivity contribution in [3.63, 3.8) is 0 Å². The molecule has 7 heteroatoms. The lowest BCUT2D eigenvalue weighted by Crippen LogP contribution is -2.48. The van der Waals surface area contributed by atoms with Gasteiger partial charge in [-0.3, -0.25) is 4.79 Å². The van der Waals surface area contributed by atoms with Crippen molar-refractivity contribution in [2.45, 2.75) is 26.2 Å². The van der Waals surface area contributed by atoms with Crippen LogP contribution in [0, 0.1) is 12.7 Å². The molecule has 1 fully saturated rings. The molecule has 0 N–H and O–H groups in total. The van der Waals surface area contributed by atoms with Crippen LogP contribution in [0.15, 0.2) is 28.7 Å². The Labute approximate surface area is 140 Å². The molecule has 6 nitrogen and oxygen atoms in total. The zero-order valence-corrected chi connectivity index (χ0v) is 13.7. The molecule has 0 spiro atoms. The molecule has 3 rings (SSSR count). The van der Waals surface area contributed by atoms with Gasteiger partial charge in [-0.05, 0) is 24.5 Å². The van der Waals surface area contributed by atoms with Crippen LogP contribution in [0.25, 0.3) is 0 Å². The highest BCUT2D eigenvalue weighted by molar-refractivity contribution is 5.76. The molecule has 24 heavy (non-hydrogen) atoms. The Balaban J connectivity index is 1.43. The molecular formula is C17H21FN4O2. The fourth-order valence-corrected chi connectivity index (χ4v) is 2.85. The first kappa shape index (κ1) is 16.4. The van der Waals surface area contributed by atoms with Crippen LogP contribution in [0.3, 0.4) is 0 Å². The van der Waals surface area contributed by atoms with E-state index in [4.69, 9.17) is 4.42 Å². The Hall–Kier alpha value is -2.44. The maximum atomic E-state index is 13.6. The number of nitrogens with zero attached hydrogens (tertiary/aromatic N) is 4. The summed E-state index contributed by atoms with van der Waals surface area (Å²) in [6.07, 6.45) is 1.68. The molecular weight excluding hydrogens is 311 g/mol. The summed E-state index contributed by atoms with van der Waals surface area (Å²) < 4.78 is 19.0. The lowest BCUT2D eigenvalue weighted by atomic mass is 10.1. The van der Waals surface area contributed by atoms with Crippen molar-refractivity contribution < 1.29 is 13.6 Å². The van der Waals surface area contributed by atoms with Crippen LogP contribution < -0.4 is 4.90 Å². The van der Waals surface area contributed by atoms with E-state index < -0.39 is 0 Å². The Morgan fingerprint density at radius 2 is 1.96 bits per heavy atom. The van der Waals surface area contributed by atoms with Gasteiger partial charge < -0.3 is 14.2 Å². The highest BCUT2D eigenvalue weighted by Crippen LogP contribution is 2.16. The first-order valence-corrected chi connectivity index (χ1v) is 8.20. The molecule has 1 aromatic carbocycles. The van der Waals surface area contributed by atoms with E-state index in [0.29, 0.717) is 62.9 Å². The zero-order chi connectivity index (χ0) is 16.9. The molecule has 2 heterocycles. The van der Waals surface area contributed by atoms with Crippen molar-refractivity contribution in [1.82, 2.24) is 15.1 Å².